The van der Waals surface area contributed by atoms with Crippen molar-refractivity contribution >= 4 is 45.1 Å². The second kappa shape index (κ2) is 10.8. The van der Waals surface area contributed by atoms with E-state index < -0.39 is 33.2 Å². The van der Waals surface area contributed by atoms with Crippen LogP contribution in [0.5, 0.6) is 0 Å². The van der Waals surface area contributed by atoms with Crippen LogP contribution in [-0.4, -0.2) is 16.1 Å². The quantitative estimate of drug-likeness (QED) is 0.339. The summed E-state index contributed by atoms with van der Waals surface area (Å²) in [4.78, 5) is 0. The van der Waals surface area contributed by atoms with Crippen molar-refractivity contribution in [2.24, 2.45) is 0 Å². The van der Waals surface area contributed by atoms with Gasteiger partial charge in [-0.1, -0.05) is 73.9 Å². The van der Waals surface area contributed by atoms with Gasteiger partial charge < -0.3 is 0 Å². The Bertz CT molecular complexity index is 577. The van der Waals surface area contributed by atoms with Gasteiger partial charge in [0.15, 0.2) is 0 Å². The number of rotatable bonds is 2. The van der Waals surface area contributed by atoms with E-state index in [9.17, 15) is 0 Å². The van der Waals surface area contributed by atoms with Gasteiger partial charge in [0.05, 0.1) is 0 Å². The molecule has 0 nitrogen and oxygen atoms in total. The molecule has 2 rings (SSSR count). The molecule has 0 aliphatic heterocycles. The van der Waals surface area contributed by atoms with E-state index in [2.05, 4.69) is 92.1 Å². The predicted octanol–water partition coefficient (Wildman–Crippen LogP) is 6.82. The monoisotopic (exact) mass is 462 g/mol. The molecule has 0 unspecified atom stereocenters. The average Bonchev–Trinajstić information content (AvgIpc) is 3.07. The van der Waals surface area contributed by atoms with Crippen LogP contribution in [0.3, 0.4) is 0 Å². The summed E-state index contributed by atoms with van der Waals surface area (Å²) in [5.74, 6) is 0. The van der Waals surface area contributed by atoms with E-state index in [0.717, 1.165) is 0 Å². The Morgan fingerprint density at radius 1 is 0.846 bits per heavy atom. The molecule has 0 heterocycles. The van der Waals surface area contributed by atoms with Crippen LogP contribution in [-0.2, 0) is 17.0 Å². The molecular formula is C21H36Cl2Si2Ti-2. The van der Waals surface area contributed by atoms with Crippen molar-refractivity contribution in [1.82, 2.24) is 0 Å². The third-order valence-electron chi connectivity index (χ3n) is 5.30. The zero-order chi connectivity index (χ0) is 20.9. The molecule has 26 heavy (non-hydrogen) atoms. The average molecular weight is 463 g/mol. The van der Waals surface area contributed by atoms with E-state index in [1.165, 1.54) is 27.8 Å². The van der Waals surface area contributed by atoms with Crippen LogP contribution in [0.1, 0.15) is 27.8 Å². The summed E-state index contributed by atoms with van der Waals surface area (Å²) >= 11 is -0.556. The van der Waals surface area contributed by atoms with Crippen molar-refractivity contribution in [3.8, 4) is 0 Å². The minimum atomic E-state index is -1.07. The second-order valence-electron chi connectivity index (χ2n) is 9.08. The van der Waals surface area contributed by atoms with Crippen LogP contribution in [0.2, 0.25) is 39.3 Å². The third kappa shape index (κ3) is 7.81. The van der Waals surface area contributed by atoms with Gasteiger partial charge in [-0.2, -0.15) is 45.1 Å². The van der Waals surface area contributed by atoms with Crippen molar-refractivity contribution in [2.75, 3.05) is 0 Å². The van der Waals surface area contributed by atoms with Crippen LogP contribution < -0.4 is 10.4 Å². The summed E-state index contributed by atoms with van der Waals surface area (Å²) < 4.78 is 0. The molecule has 0 atom stereocenters. The van der Waals surface area contributed by atoms with Gasteiger partial charge in [-0.25, -0.2) is 11.3 Å². The molecule has 0 amide bonds. The molecule has 2 aromatic rings. The van der Waals surface area contributed by atoms with E-state index in [1.54, 1.807) is 10.4 Å². The molecule has 0 saturated heterocycles. The standard InChI is InChI=1S/C11H21Si2.C10H15.2ClH.Ti/c1-12(2,3)10-7-8-11(9-10)13(4,5)6;1-6-7(2)9(4)10(5)8(6)3;;;/h7-9H,1-6H3;1-5H3;2*1H;/q2*-1;;;+2/p-2. The zero-order valence-electron chi connectivity index (χ0n) is 18.5. The topological polar surface area (TPSA) is 0 Å². The van der Waals surface area contributed by atoms with E-state index >= 15 is 0 Å². The van der Waals surface area contributed by atoms with Crippen molar-refractivity contribution in [2.45, 2.75) is 73.9 Å². The summed E-state index contributed by atoms with van der Waals surface area (Å²) in [6, 6.07) is 7.15. The Labute approximate surface area is 181 Å². The van der Waals surface area contributed by atoms with Crippen molar-refractivity contribution in [3.05, 3.63) is 46.0 Å². The maximum atomic E-state index is 4.89. The second-order valence-corrected chi connectivity index (χ2v) is 21.8. The van der Waals surface area contributed by atoms with Gasteiger partial charge in [0.2, 0.25) is 0 Å². The summed E-state index contributed by atoms with van der Waals surface area (Å²) in [5, 5.41) is 3.23. The molecule has 148 valence electrons. The van der Waals surface area contributed by atoms with E-state index in [0.29, 0.717) is 0 Å². The van der Waals surface area contributed by atoms with Crippen molar-refractivity contribution < 1.29 is 17.0 Å². The van der Waals surface area contributed by atoms with E-state index in [4.69, 9.17) is 18.6 Å². The Kier molecular flexibility index (Phi) is 11.0. The first-order valence-electron chi connectivity index (χ1n) is 9.12. The summed E-state index contributed by atoms with van der Waals surface area (Å²) in [5.41, 5.74) is 7.34. The maximum absolute atomic E-state index is 4.89. The molecule has 0 bridgehead atoms. The van der Waals surface area contributed by atoms with Gasteiger partial charge >= 0.3 is 35.6 Å². The number of hydrogen-bond acceptors (Lipinski definition) is 0. The molecule has 0 radical (unpaired) electrons. The van der Waals surface area contributed by atoms with Crippen LogP contribution in [0, 0.1) is 34.6 Å². The predicted molar refractivity (Wildman–Crippen MR) is 125 cm³/mol. The van der Waals surface area contributed by atoms with E-state index in [1.807, 2.05) is 0 Å². The zero-order valence-corrected chi connectivity index (χ0v) is 23.6. The molecule has 2 aromatic carbocycles. The molecule has 0 fully saturated rings. The molecule has 0 aliphatic rings. The van der Waals surface area contributed by atoms with Crippen LogP contribution in [0.15, 0.2) is 18.2 Å². The van der Waals surface area contributed by atoms with Gasteiger partial charge in [-0.05, 0) is 0 Å². The first kappa shape index (κ1) is 26.4. The Balaban J connectivity index is 0.000000428. The Hall–Kier alpha value is 0.428. The summed E-state index contributed by atoms with van der Waals surface area (Å²) in [7, 11) is 7.64. The fourth-order valence-electron chi connectivity index (χ4n) is 2.78. The molecule has 0 aromatic heterocycles. The fraction of sp³-hybridized carbons (Fsp3) is 0.524. The molecule has 5 heteroatoms. The van der Waals surface area contributed by atoms with Gasteiger partial charge in [0.1, 0.15) is 0 Å². The van der Waals surface area contributed by atoms with Crippen molar-refractivity contribution in [3.63, 3.8) is 0 Å². The number of halogens is 2. The SMILES string of the molecule is C[Si](C)(C)c1cc[c-]([Si](C)(C)C)c1.Cc1c(C)c(C)[c-](C)c1C.[Cl][Ti][Cl]. The van der Waals surface area contributed by atoms with Crippen LogP contribution in [0.4, 0.5) is 0 Å². The Morgan fingerprint density at radius 2 is 1.23 bits per heavy atom. The van der Waals surface area contributed by atoms with Gasteiger partial charge in [-0.3, -0.25) is 0 Å². The van der Waals surface area contributed by atoms with E-state index in [-0.39, 0.29) is 0 Å². The first-order chi connectivity index (χ1) is 11.7. The van der Waals surface area contributed by atoms with Gasteiger partial charge in [-0.15, -0.1) is 0 Å². The third-order valence-corrected chi connectivity index (χ3v) is 9.38. The summed E-state index contributed by atoms with van der Waals surface area (Å²) in [6.45, 7) is 25.5. The first-order valence-corrected chi connectivity index (χ1v) is 20.4. The molecule has 0 N–H and O–H groups in total. The Morgan fingerprint density at radius 3 is 1.38 bits per heavy atom. The van der Waals surface area contributed by atoms with Crippen LogP contribution >= 0.6 is 18.6 Å². The molecular weight excluding hydrogens is 427 g/mol. The minimum absolute atomic E-state index is 0.556. The fourth-order valence-corrected chi connectivity index (χ4v) is 5.27. The van der Waals surface area contributed by atoms with Gasteiger partial charge in [0, 0.05) is 16.1 Å². The molecule has 0 aliphatic carbocycles. The number of hydrogen-bond donors (Lipinski definition) is 0. The normalized spacial score (nSPS) is 11.3. The van der Waals surface area contributed by atoms with Crippen molar-refractivity contribution in [1.29, 1.82) is 0 Å². The van der Waals surface area contributed by atoms with Gasteiger partial charge in [0.25, 0.3) is 0 Å². The summed E-state index contributed by atoms with van der Waals surface area (Å²) in [6.07, 6.45) is 0. The molecule has 0 spiro atoms. The molecule has 0 saturated carbocycles. The van der Waals surface area contributed by atoms with Crippen LogP contribution in [0.25, 0.3) is 0 Å².